The van der Waals surface area contributed by atoms with Crippen LogP contribution in [0, 0.1) is 5.82 Å². The average Bonchev–Trinajstić information content (AvgIpc) is 3.11. The number of amides is 3. The molecule has 0 aromatic heterocycles. The number of nitrogen functional groups attached to an aromatic ring is 1. The van der Waals surface area contributed by atoms with Gasteiger partial charge in [-0.25, -0.2) is 4.39 Å². The molecule has 3 aliphatic rings. The molecule has 3 amide bonds. The highest BCUT2D eigenvalue weighted by molar-refractivity contribution is 6.06. The molecule has 2 aromatic rings. The molecule has 2 aromatic carbocycles. The lowest BCUT2D eigenvalue weighted by Gasteiger charge is -2.37. The third-order valence-electron chi connectivity index (χ3n) is 6.70. The van der Waals surface area contributed by atoms with E-state index in [4.69, 9.17) is 5.73 Å². The molecule has 9 heteroatoms. The highest BCUT2D eigenvalue weighted by Gasteiger charge is 2.41. The number of anilines is 2. The van der Waals surface area contributed by atoms with Crippen LogP contribution in [0.5, 0.6) is 0 Å². The van der Waals surface area contributed by atoms with Gasteiger partial charge in [0.1, 0.15) is 11.9 Å². The first kappa shape index (κ1) is 21.4. The monoisotopic (exact) mass is 451 g/mol. The fourth-order valence-electron chi connectivity index (χ4n) is 4.92. The Hall–Kier alpha value is -3.46. The van der Waals surface area contributed by atoms with Gasteiger partial charge in [-0.15, -0.1) is 0 Å². The van der Waals surface area contributed by atoms with Gasteiger partial charge in [0.25, 0.3) is 5.91 Å². The van der Waals surface area contributed by atoms with Gasteiger partial charge < -0.3 is 15.5 Å². The molecule has 1 unspecified atom stereocenters. The van der Waals surface area contributed by atoms with E-state index in [-0.39, 0.29) is 31.2 Å². The second kappa shape index (κ2) is 8.47. The van der Waals surface area contributed by atoms with Crippen LogP contribution < -0.4 is 16.0 Å². The summed E-state index contributed by atoms with van der Waals surface area (Å²) in [4.78, 5) is 42.8. The van der Waals surface area contributed by atoms with Crippen LogP contribution >= 0.6 is 0 Å². The minimum absolute atomic E-state index is 0.188. The lowest BCUT2D eigenvalue weighted by molar-refractivity contribution is -0.136. The number of fused-ring (bicyclic) bond motifs is 1. The zero-order valence-electron chi connectivity index (χ0n) is 18.2. The molecule has 0 bridgehead atoms. The van der Waals surface area contributed by atoms with Crippen molar-refractivity contribution in [3.8, 4) is 0 Å². The summed E-state index contributed by atoms with van der Waals surface area (Å²) >= 11 is 0. The predicted molar refractivity (Wildman–Crippen MR) is 121 cm³/mol. The third kappa shape index (κ3) is 4.16. The Morgan fingerprint density at radius 3 is 2.45 bits per heavy atom. The van der Waals surface area contributed by atoms with Crippen molar-refractivity contribution < 1.29 is 18.8 Å². The van der Waals surface area contributed by atoms with Crippen molar-refractivity contribution in [1.29, 1.82) is 0 Å². The van der Waals surface area contributed by atoms with Crippen LogP contribution in [-0.2, 0) is 22.7 Å². The number of nitrogens with two attached hydrogens (primary N) is 1. The summed E-state index contributed by atoms with van der Waals surface area (Å²) in [6.07, 6.45) is 0.472. The van der Waals surface area contributed by atoms with Crippen molar-refractivity contribution in [3.63, 3.8) is 0 Å². The summed E-state index contributed by atoms with van der Waals surface area (Å²) in [5, 5.41) is 2.30. The van der Waals surface area contributed by atoms with E-state index in [2.05, 4.69) is 15.1 Å². The fourth-order valence-corrected chi connectivity index (χ4v) is 4.92. The maximum atomic E-state index is 14.5. The molecule has 1 atom stereocenters. The minimum Gasteiger partial charge on any atom is -0.399 e. The third-order valence-corrected chi connectivity index (χ3v) is 6.70. The van der Waals surface area contributed by atoms with Crippen molar-refractivity contribution in [3.05, 3.63) is 58.9 Å². The highest BCUT2D eigenvalue weighted by atomic mass is 19.1. The van der Waals surface area contributed by atoms with Gasteiger partial charge in [0.2, 0.25) is 11.8 Å². The number of rotatable bonds is 4. The number of hydrogen-bond donors (Lipinski definition) is 2. The first-order chi connectivity index (χ1) is 15.9. The van der Waals surface area contributed by atoms with Gasteiger partial charge in [-0.3, -0.25) is 24.6 Å². The van der Waals surface area contributed by atoms with Gasteiger partial charge >= 0.3 is 0 Å². The number of benzene rings is 2. The average molecular weight is 452 g/mol. The van der Waals surface area contributed by atoms with Crippen LogP contribution in [0.25, 0.3) is 0 Å². The van der Waals surface area contributed by atoms with E-state index in [1.165, 1.54) is 22.6 Å². The molecular formula is C24H26FN5O3. The standard InChI is InChI=1S/C24H26FN5O3/c25-16-11-18-19(14-30(24(18)33)20-5-6-22(31)27-23(20)32)21(12-16)29-9-7-28(8-10-29)13-15-1-3-17(26)4-2-15/h1-4,11-12,20H,5-10,13-14,26H2,(H,27,31,32). The summed E-state index contributed by atoms with van der Waals surface area (Å²) in [5.74, 6) is -1.62. The van der Waals surface area contributed by atoms with Crippen LogP contribution in [0.3, 0.4) is 0 Å². The summed E-state index contributed by atoms with van der Waals surface area (Å²) in [5.41, 5.74) is 9.46. The Morgan fingerprint density at radius 2 is 1.76 bits per heavy atom. The molecule has 0 spiro atoms. The number of nitrogens with zero attached hydrogens (tertiary/aromatic N) is 3. The molecular weight excluding hydrogens is 425 g/mol. The van der Waals surface area contributed by atoms with E-state index in [0.29, 0.717) is 24.3 Å². The molecule has 0 radical (unpaired) electrons. The molecule has 172 valence electrons. The summed E-state index contributed by atoms with van der Waals surface area (Å²) < 4.78 is 14.5. The van der Waals surface area contributed by atoms with E-state index in [1.807, 2.05) is 24.3 Å². The largest absolute Gasteiger partial charge is 0.399 e. The maximum absolute atomic E-state index is 14.5. The van der Waals surface area contributed by atoms with Crippen molar-refractivity contribution in [1.82, 2.24) is 15.1 Å². The molecule has 3 heterocycles. The van der Waals surface area contributed by atoms with Gasteiger partial charge in [-0.1, -0.05) is 12.1 Å². The lowest BCUT2D eigenvalue weighted by Crippen LogP contribution is -2.52. The fraction of sp³-hybridized carbons (Fsp3) is 0.375. The molecule has 8 nitrogen and oxygen atoms in total. The van der Waals surface area contributed by atoms with E-state index in [0.717, 1.165) is 30.9 Å². The molecule has 3 N–H and O–H groups in total. The van der Waals surface area contributed by atoms with Crippen molar-refractivity contribution in [2.75, 3.05) is 36.8 Å². The quantitative estimate of drug-likeness (QED) is 0.540. The van der Waals surface area contributed by atoms with Gasteiger partial charge in [0.05, 0.1) is 0 Å². The second-order valence-electron chi connectivity index (χ2n) is 8.86. The number of hydrogen-bond acceptors (Lipinski definition) is 6. The molecule has 2 fully saturated rings. The number of halogens is 1. The summed E-state index contributed by atoms with van der Waals surface area (Å²) in [7, 11) is 0. The Balaban J connectivity index is 1.31. The molecule has 0 aliphatic carbocycles. The molecule has 0 saturated carbocycles. The van der Waals surface area contributed by atoms with Crippen molar-refractivity contribution >= 4 is 29.1 Å². The lowest BCUT2D eigenvalue weighted by atomic mass is 10.0. The number of piperidine rings is 1. The van der Waals surface area contributed by atoms with Gasteiger partial charge in [-0.2, -0.15) is 0 Å². The van der Waals surface area contributed by atoms with Crippen LogP contribution in [-0.4, -0.2) is 59.7 Å². The summed E-state index contributed by atoms with van der Waals surface area (Å²) in [6, 6.07) is 9.86. The van der Waals surface area contributed by atoms with Gasteiger partial charge in [-0.05, 0) is 36.2 Å². The highest BCUT2D eigenvalue weighted by Crippen LogP contribution is 2.35. The first-order valence-corrected chi connectivity index (χ1v) is 11.2. The zero-order chi connectivity index (χ0) is 23.1. The SMILES string of the molecule is Nc1ccc(CN2CCN(c3cc(F)cc4c3CN(C3CCC(=O)NC3=O)C4=O)CC2)cc1. The van der Waals surface area contributed by atoms with Gasteiger partial charge in [0, 0.05) is 68.2 Å². The number of piperazine rings is 1. The Morgan fingerprint density at radius 1 is 1.03 bits per heavy atom. The van der Waals surface area contributed by atoms with Crippen LogP contribution in [0.1, 0.15) is 34.3 Å². The van der Waals surface area contributed by atoms with E-state index in [1.54, 1.807) is 0 Å². The summed E-state index contributed by atoms with van der Waals surface area (Å²) in [6.45, 7) is 4.08. The number of imide groups is 1. The zero-order valence-corrected chi connectivity index (χ0v) is 18.2. The maximum Gasteiger partial charge on any atom is 0.255 e. The van der Waals surface area contributed by atoms with Gasteiger partial charge in [0.15, 0.2) is 0 Å². The molecule has 5 rings (SSSR count). The van der Waals surface area contributed by atoms with Crippen molar-refractivity contribution in [2.45, 2.75) is 32.0 Å². The number of carbonyl (C=O) groups excluding carboxylic acids is 3. The van der Waals surface area contributed by atoms with E-state index in [9.17, 15) is 18.8 Å². The van der Waals surface area contributed by atoms with E-state index >= 15 is 0 Å². The van der Waals surface area contributed by atoms with Crippen LogP contribution in [0.2, 0.25) is 0 Å². The molecule has 33 heavy (non-hydrogen) atoms. The Kier molecular flexibility index (Phi) is 5.49. The first-order valence-electron chi connectivity index (χ1n) is 11.2. The Labute approximate surface area is 191 Å². The number of nitrogens with one attached hydrogen (secondary N) is 1. The minimum atomic E-state index is -0.713. The molecule has 3 aliphatic heterocycles. The number of carbonyl (C=O) groups is 3. The Bertz CT molecular complexity index is 1110. The topological polar surface area (TPSA) is 99.0 Å². The van der Waals surface area contributed by atoms with Crippen LogP contribution in [0.4, 0.5) is 15.8 Å². The van der Waals surface area contributed by atoms with Crippen LogP contribution in [0.15, 0.2) is 36.4 Å². The molecule has 2 saturated heterocycles. The normalized spacial score (nSPS) is 21.4. The predicted octanol–water partition coefficient (Wildman–Crippen LogP) is 1.49. The van der Waals surface area contributed by atoms with E-state index < -0.39 is 17.8 Å². The van der Waals surface area contributed by atoms with Crippen molar-refractivity contribution in [2.24, 2.45) is 0 Å². The smallest absolute Gasteiger partial charge is 0.255 e. The second-order valence-corrected chi connectivity index (χ2v) is 8.86.